The summed E-state index contributed by atoms with van der Waals surface area (Å²) in [5.41, 5.74) is 2.39. The Balaban J connectivity index is 1.57. The smallest absolute Gasteiger partial charge is 0.246 e. The number of hydrogen-bond acceptors (Lipinski definition) is 2. The van der Waals surface area contributed by atoms with Crippen LogP contribution in [0.25, 0.3) is 0 Å². The van der Waals surface area contributed by atoms with E-state index in [1.165, 1.54) is 63.4 Å². The molecular weight excluding hydrogens is 370 g/mol. The van der Waals surface area contributed by atoms with Gasteiger partial charge in [-0.3, -0.25) is 10.1 Å². The first-order chi connectivity index (χ1) is 14.2. The number of nitrogens with zero attached hydrogens (tertiary/aromatic N) is 1. The van der Waals surface area contributed by atoms with E-state index in [1.807, 2.05) is 0 Å². The van der Waals surface area contributed by atoms with Crippen molar-refractivity contribution in [3.05, 3.63) is 21.4 Å². The Kier molecular flexibility index (Phi) is 6.14. The standard InChI is InChI=1S/C27H45NO2/c1-18(2)9-8-10-19(3)21-12-13-22-20-17-25(28(29)30)24-11-6-7-15-26(24,4)23(20)14-16-27(21,22)5/h18-23H,6-17H2,1-5H3/t19-,20-,21+,22-,23-,26-,27-/m1/s1. The van der Waals surface area contributed by atoms with E-state index in [0.29, 0.717) is 28.9 Å². The van der Waals surface area contributed by atoms with Crippen molar-refractivity contribution >= 4 is 0 Å². The van der Waals surface area contributed by atoms with Crippen LogP contribution in [0.4, 0.5) is 0 Å². The molecule has 0 aromatic heterocycles. The molecule has 3 heteroatoms. The number of fused-ring (bicyclic) bond motifs is 5. The molecule has 3 nitrogen and oxygen atoms in total. The minimum absolute atomic E-state index is 0.0159. The molecule has 4 aliphatic rings. The van der Waals surface area contributed by atoms with Gasteiger partial charge in [0.1, 0.15) is 0 Å². The molecule has 0 radical (unpaired) electrons. The molecule has 4 aliphatic carbocycles. The van der Waals surface area contributed by atoms with Gasteiger partial charge in [0, 0.05) is 12.0 Å². The number of allylic oxidation sites excluding steroid dienone is 2. The first kappa shape index (κ1) is 22.3. The summed E-state index contributed by atoms with van der Waals surface area (Å²) in [5.74, 6) is 4.35. The summed E-state index contributed by atoms with van der Waals surface area (Å²) in [4.78, 5) is 12.1. The minimum Gasteiger partial charge on any atom is -0.259 e. The Morgan fingerprint density at radius 2 is 1.80 bits per heavy atom. The third-order valence-electron chi connectivity index (χ3n) is 10.5. The maximum absolute atomic E-state index is 12.1. The fraction of sp³-hybridized carbons (Fsp3) is 0.926. The molecule has 30 heavy (non-hydrogen) atoms. The zero-order chi connectivity index (χ0) is 21.7. The Labute approximate surface area is 184 Å². The van der Waals surface area contributed by atoms with Gasteiger partial charge in [0.25, 0.3) is 0 Å². The number of hydrogen-bond donors (Lipinski definition) is 0. The summed E-state index contributed by atoms with van der Waals surface area (Å²) < 4.78 is 0. The van der Waals surface area contributed by atoms with Crippen LogP contribution in [-0.2, 0) is 0 Å². The van der Waals surface area contributed by atoms with Gasteiger partial charge < -0.3 is 0 Å². The highest BCUT2D eigenvalue weighted by molar-refractivity contribution is 5.27. The number of rotatable bonds is 6. The van der Waals surface area contributed by atoms with Gasteiger partial charge >= 0.3 is 0 Å². The van der Waals surface area contributed by atoms with Crippen LogP contribution < -0.4 is 0 Å². The zero-order valence-electron chi connectivity index (χ0n) is 20.2. The lowest BCUT2D eigenvalue weighted by atomic mass is 9.46. The summed E-state index contributed by atoms with van der Waals surface area (Å²) in [6, 6.07) is 0. The van der Waals surface area contributed by atoms with E-state index in [4.69, 9.17) is 0 Å². The van der Waals surface area contributed by atoms with Crippen LogP contribution in [0.5, 0.6) is 0 Å². The molecular formula is C27H45NO2. The van der Waals surface area contributed by atoms with Crippen LogP contribution >= 0.6 is 0 Å². The highest BCUT2D eigenvalue weighted by Crippen LogP contribution is 2.68. The van der Waals surface area contributed by atoms with Crippen molar-refractivity contribution in [1.29, 1.82) is 0 Å². The molecule has 0 bridgehead atoms. The van der Waals surface area contributed by atoms with E-state index >= 15 is 0 Å². The van der Waals surface area contributed by atoms with Gasteiger partial charge in [0.05, 0.1) is 4.92 Å². The van der Waals surface area contributed by atoms with Crippen molar-refractivity contribution in [2.24, 2.45) is 46.3 Å². The van der Waals surface area contributed by atoms with Crippen molar-refractivity contribution in [3.8, 4) is 0 Å². The molecule has 0 unspecified atom stereocenters. The third kappa shape index (κ3) is 3.56. The fourth-order valence-corrected chi connectivity index (χ4v) is 9.03. The first-order valence-corrected chi connectivity index (χ1v) is 13.1. The predicted octanol–water partition coefficient (Wildman–Crippen LogP) is 8.02. The van der Waals surface area contributed by atoms with Crippen LogP contribution in [0.15, 0.2) is 11.3 Å². The second-order valence-electron chi connectivity index (χ2n) is 12.4. The molecule has 0 spiro atoms. The Morgan fingerprint density at radius 3 is 2.50 bits per heavy atom. The highest BCUT2D eigenvalue weighted by Gasteiger charge is 2.61. The SMILES string of the molecule is CC(C)CCC[C@@H](C)[C@@H]1CC[C@@H]2[C@H]3CC([N+](=O)[O-])=C4CCCC[C@]4(C)[C@@H]3CC[C@@]21C. The zero-order valence-corrected chi connectivity index (χ0v) is 20.2. The summed E-state index contributed by atoms with van der Waals surface area (Å²) in [6.07, 6.45) is 14.7. The fourth-order valence-electron chi connectivity index (χ4n) is 9.03. The van der Waals surface area contributed by atoms with E-state index in [0.717, 1.165) is 37.0 Å². The Morgan fingerprint density at radius 1 is 1.03 bits per heavy atom. The minimum atomic E-state index is 0.0159. The van der Waals surface area contributed by atoms with Gasteiger partial charge in [0.2, 0.25) is 5.70 Å². The van der Waals surface area contributed by atoms with Crippen LogP contribution in [-0.4, -0.2) is 4.92 Å². The molecule has 0 aromatic carbocycles. The van der Waals surface area contributed by atoms with E-state index in [9.17, 15) is 10.1 Å². The lowest BCUT2D eigenvalue weighted by Gasteiger charge is -2.57. The Bertz CT molecular complexity index is 697. The maximum atomic E-state index is 12.1. The van der Waals surface area contributed by atoms with Crippen LogP contribution in [0.3, 0.4) is 0 Å². The van der Waals surface area contributed by atoms with Gasteiger partial charge in [-0.25, -0.2) is 0 Å². The van der Waals surface area contributed by atoms with Crippen LogP contribution in [0.2, 0.25) is 0 Å². The quantitative estimate of drug-likeness (QED) is 0.325. The molecule has 0 N–H and O–H groups in total. The monoisotopic (exact) mass is 415 g/mol. The summed E-state index contributed by atoms with van der Waals surface area (Å²) >= 11 is 0. The highest BCUT2D eigenvalue weighted by atomic mass is 16.6. The second kappa shape index (κ2) is 8.24. The summed E-state index contributed by atoms with van der Waals surface area (Å²) in [5, 5.41) is 12.1. The lowest BCUT2D eigenvalue weighted by molar-refractivity contribution is -0.434. The van der Waals surface area contributed by atoms with Crippen LogP contribution in [0, 0.1) is 56.5 Å². The molecule has 0 amide bonds. The van der Waals surface area contributed by atoms with E-state index in [2.05, 4.69) is 34.6 Å². The lowest BCUT2D eigenvalue weighted by Crippen LogP contribution is -2.51. The molecule has 3 saturated carbocycles. The van der Waals surface area contributed by atoms with E-state index in [-0.39, 0.29) is 10.3 Å². The molecule has 0 aliphatic heterocycles. The van der Waals surface area contributed by atoms with Crippen molar-refractivity contribution in [3.63, 3.8) is 0 Å². The van der Waals surface area contributed by atoms with Gasteiger partial charge in [0.15, 0.2) is 0 Å². The summed E-state index contributed by atoms with van der Waals surface area (Å²) in [7, 11) is 0. The average Bonchev–Trinajstić information content (AvgIpc) is 3.03. The molecule has 170 valence electrons. The molecule has 0 heterocycles. The average molecular weight is 416 g/mol. The van der Waals surface area contributed by atoms with Crippen molar-refractivity contribution in [1.82, 2.24) is 0 Å². The molecule has 0 aromatic rings. The van der Waals surface area contributed by atoms with Crippen molar-refractivity contribution < 1.29 is 4.92 Å². The van der Waals surface area contributed by atoms with E-state index in [1.54, 1.807) is 0 Å². The first-order valence-electron chi connectivity index (χ1n) is 13.1. The maximum Gasteiger partial charge on any atom is 0.246 e. The number of nitro groups is 1. The van der Waals surface area contributed by atoms with Gasteiger partial charge in [-0.1, -0.05) is 60.3 Å². The van der Waals surface area contributed by atoms with Gasteiger partial charge in [-0.05, 0) is 91.3 Å². The second-order valence-corrected chi connectivity index (χ2v) is 12.4. The molecule has 4 rings (SSSR count). The normalized spacial score (nSPS) is 41.9. The predicted molar refractivity (Wildman–Crippen MR) is 124 cm³/mol. The van der Waals surface area contributed by atoms with E-state index < -0.39 is 0 Å². The summed E-state index contributed by atoms with van der Waals surface area (Å²) in [6.45, 7) is 12.2. The Hall–Kier alpha value is -0.860. The molecule has 7 atom stereocenters. The largest absolute Gasteiger partial charge is 0.259 e. The molecule has 3 fully saturated rings. The molecule has 0 saturated heterocycles. The third-order valence-corrected chi connectivity index (χ3v) is 10.5. The van der Waals surface area contributed by atoms with Crippen molar-refractivity contribution in [2.75, 3.05) is 0 Å². The van der Waals surface area contributed by atoms with Gasteiger partial charge in [-0.2, -0.15) is 0 Å². The van der Waals surface area contributed by atoms with Gasteiger partial charge in [-0.15, -0.1) is 0 Å². The topological polar surface area (TPSA) is 43.1 Å². The van der Waals surface area contributed by atoms with Crippen LogP contribution in [0.1, 0.15) is 112 Å². The van der Waals surface area contributed by atoms with Crippen molar-refractivity contribution in [2.45, 2.75) is 112 Å².